The van der Waals surface area contributed by atoms with Gasteiger partial charge < -0.3 is 5.32 Å². The molecule has 26 heavy (non-hydrogen) atoms. The number of benzene rings is 2. The Kier molecular flexibility index (Phi) is 5.65. The number of sulfonamides is 1. The maximum atomic E-state index is 12.5. The minimum Gasteiger partial charge on any atom is -0.378 e. The largest absolute Gasteiger partial charge is 0.378 e. The van der Waals surface area contributed by atoms with Crippen LogP contribution < -0.4 is 5.32 Å². The molecule has 1 saturated heterocycles. The van der Waals surface area contributed by atoms with E-state index in [0.29, 0.717) is 23.7 Å². The average Bonchev–Trinajstić information content (AvgIpc) is 3.18. The monoisotopic (exact) mass is 392 g/mol. The van der Waals surface area contributed by atoms with Crippen LogP contribution in [-0.4, -0.2) is 38.1 Å². The highest BCUT2D eigenvalue weighted by atomic mass is 35.5. The van der Waals surface area contributed by atoms with Crippen molar-refractivity contribution in [1.29, 1.82) is 0 Å². The molecule has 2 aromatic carbocycles. The van der Waals surface area contributed by atoms with Crippen molar-refractivity contribution in [2.45, 2.75) is 24.7 Å². The zero-order chi connectivity index (χ0) is 18.7. The minimum atomic E-state index is -3.45. The van der Waals surface area contributed by atoms with E-state index in [-0.39, 0.29) is 17.2 Å². The van der Waals surface area contributed by atoms with Gasteiger partial charge in [-0.05, 0) is 61.7 Å². The highest BCUT2D eigenvalue weighted by Gasteiger charge is 2.27. The molecule has 1 aliphatic heterocycles. The Bertz CT molecular complexity index is 905. The molecular weight excluding hydrogens is 372 g/mol. The van der Waals surface area contributed by atoms with Gasteiger partial charge in [0.2, 0.25) is 10.0 Å². The first-order valence-electron chi connectivity index (χ1n) is 8.51. The summed E-state index contributed by atoms with van der Waals surface area (Å²) in [5.74, 6) is -0.119. The van der Waals surface area contributed by atoms with E-state index >= 15 is 0 Å². The predicted octanol–water partition coefficient (Wildman–Crippen LogP) is 3.73. The Hall–Kier alpha value is -1.89. The first-order chi connectivity index (χ1) is 12.4. The lowest BCUT2D eigenvalue weighted by atomic mass is 10.1. The van der Waals surface area contributed by atoms with Crippen LogP contribution >= 0.6 is 11.6 Å². The van der Waals surface area contributed by atoms with Gasteiger partial charge in [-0.15, -0.1) is 0 Å². The molecule has 0 atom stereocenters. The number of ketones is 1. The van der Waals surface area contributed by atoms with E-state index in [2.05, 4.69) is 5.32 Å². The van der Waals surface area contributed by atoms with Gasteiger partial charge in [-0.3, -0.25) is 4.79 Å². The second-order valence-corrected chi connectivity index (χ2v) is 8.72. The zero-order valence-electron chi connectivity index (χ0n) is 14.5. The van der Waals surface area contributed by atoms with Crippen LogP contribution in [0.4, 0.5) is 5.69 Å². The summed E-state index contributed by atoms with van der Waals surface area (Å²) >= 11 is 6.07. The van der Waals surface area contributed by atoms with Crippen LogP contribution in [0.2, 0.25) is 5.02 Å². The molecule has 1 fully saturated rings. The van der Waals surface area contributed by atoms with Crippen molar-refractivity contribution in [3.05, 3.63) is 58.6 Å². The van der Waals surface area contributed by atoms with Crippen molar-refractivity contribution in [1.82, 2.24) is 4.31 Å². The third-order valence-electron chi connectivity index (χ3n) is 4.50. The Morgan fingerprint density at radius 1 is 1.12 bits per heavy atom. The van der Waals surface area contributed by atoms with E-state index in [4.69, 9.17) is 11.6 Å². The molecule has 1 heterocycles. The molecule has 0 aromatic heterocycles. The van der Waals surface area contributed by atoms with Gasteiger partial charge in [0.05, 0.1) is 11.4 Å². The second kappa shape index (κ2) is 7.78. The number of nitrogens with zero attached hydrogens (tertiary/aromatic N) is 1. The molecule has 5 nitrogen and oxygen atoms in total. The summed E-state index contributed by atoms with van der Waals surface area (Å²) in [6.07, 6.45) is 1.79. The maximum Gasteiger partial charge on any atom is 0.243 e. The lowest BCUT2D eigenvalue weighted by Crippen LogP contribution is -2.27. The number of anilines is 1. The van der Waals surface area contributed by atoms with Gasteiger partial charge in [-0.1, -0.05) is 17.7 Å². The van der Waals surface area contributed by atoms with Gasteiger partial charge in [-0.2, -0.15) is 4.31 Å². The quantitative estimate of drug-likeness (QED) is 0.760. The molecule has 0 unspecified atom stereocenters. The molecule has 0 aliphatic carbocycles. The Morgan fingerprint density at radius 2 is 1.77 bits per heavy atom. The summed E-state index contributed by atoms with van der Waals surface area (Å²) < 4.78 is 26.5. The predicted molar refractivity (Wildman–Crippen MR) is 103 cm³/mol. The van der Waals surface area contributed by atoms with Crippen molar-refractivity contribution in [3.8, 4) is 0 Å². The fourth-order valence-electron chi connectivity index (χ4n) is 2.88. The Labute approximate surface area is 159 Å². The van der Waals surface area contributed by atoms with Gasteiger partial charge in [0.15, 0.2) is 5.78 Å². The first kappa shape index (κ1) is 18.9. The number of carbonyl (C=O) groups is 1. The van der Waals surface area contributed by atoms with Crippen molar-refractivity contribution < 1.29 is 13.2 Å². The Morgan fingerprint density at radius 3 is 2.38 bits per heavy atom. The first-order valence-corrected chi connectivity index (χ1v) is 10.3. The highest BCUT2D eigenvalue weighted by molar-refractivity contribution is 7.89. The molecular formula is C19H21ClN2O3S. The zero-order valence-corrected chi connectivity index (χ0v) is 16.1. The third-order valence-corrected chi connectivity index (χ3v) is 6.82. The lowest BCUT2D eigenvalue weighted by molar-refractivity contribution is 0.101. The number of carbonyl (C=O) groups excluding carboxylic acids is 1. The maximum absolute atomic E-state index is 12.5. The van der Waals surface area contributed by atoms with E-state index in [9.17, 15) is 13.2 Å². The van der Waals surface area contributed by atoms with Gasteiger partial charge in [0, 0.05) is 29.4 Å². The molecule has 2 aromatic rings. The number of Topliss-reactive ketones (excluding diaryl/α,β-unsaturated/α-hetero) is 1. The molecule has 138 valence electrons. The lowest BCUT2D eigenvalue weighted by Gasteiger charge is -2.15. The SMILES string of the molecule is Cc1ccc(NCC(=O)c2ccc(S(=O)(=O)N3CCCC3)cc2)cc1Cl. The number of hydrogen-bond acceptors (Lipinski definition) is 4. The molecule has 0 bridgehead atoms. The van der Waals surface area contributed by atoms with E-state index in [1.165, 1.54) is 16.4 Å². The van der Waals surface area contributed by atoms with Crippen LogP contribution in [0.1, 0.15) is 28.8 Å². The highest BCUT2D eigenvalue weighted by Crippen LogP contribution is 2.22. The number of halogens is 1. The summed E-state index contributed by atoms with van der Waals surface area (Å²) in [4.78, 5) is 12.6. The van der Waals surface area contributed by atoms with Gasteiger partial charge in [0.1, 0.15) is 0 Å². The molecule has 1 aliphatic rings. The second-order valence-electron chi connectivity index (χ2n) is 6.38. The number of rotatable bonds is 6. The Balaban J connectivity index is 1.66. The van der Waals surface area contributed by atoms with Gasteiger partial charge >= 0.3 is 0 Å². The summed E-state index contributed by atoms with van der Waals surface area (Å²) in [7, 11) is -3.45. The van der Waals surface area contributed by atoms with E-state index in [0.717, 1.165) is 24.1 Å². The van der Waals surface area contributed by atoms with E-state index in [1.807, 2.05) is 19.1 Å². The topological polar surface area (TPSA) is 66.5 Å². The molecule has 3 rings (SSSR count). The van der Waals surface area contributed by atoms with E-state index < -0.39 is 10.0 Å². The number of nitrogens with one attached hydrogen (secondary N) is 1. The molecule has 7 heteroatoms. The summed E-state index contributed by atoms with van der Waals surface area (Å²) in [6.45, 7) is 3.14. The number of aryl methyl sites for hydroxylation is 1. The van der Waals surface area contributed by atoms with Crippen molar-refractivity contribution in [2.75, 3.05) is 25.0 Å². The molecule has 0 radical (unpaired) electrons. The summed E-state index contributed by atoms with van der Waals surface area (Å²) in [5, 5.41) is 3.68. The van der Waals surface area contributed by atoms with Crippen molar-refractivity contribution in [2.24, 2.45) is 0 Å². The molecule has 0 spiro atoms. The van der Waals surface area contributed by atoms with Crippen molar-refractivity contribution in [3.63, 3.8) is 0 Å². The van der Waals surface area contributed by atoms with Crippen LogP contribution in [0.25, 0.3) is 0 Å². The van der Waals surface area contributed by atoms with Crippen LogP contribution in [-0.2, 0) is 10.0 Å². The standard InChI is InChI=1S/C19H21ClN2O3S/c1-14-4-7-16(12-18(14)20)21-13-19(23)15-5-8-17(9-6-15)26(24,25)22-10-2-3-11-22/h4-9,12,21H,2-3,10-11,13H2,1H3. The molecule has 0 saturated carbocycles. The van der Waals surface area contributed by atoms with Gasteiger partial charge in [0.25, 0.3) is 0 Å². The third kappa shape index (κ3) is 4.09. The number of hydrogen-bond donors (Lipinski definition) is 1. The van der Waals surface area contributed by atoms with Gasteiger partial charge in [-0.25, -0.2) is 8.42 Å². The van der Waals surface area contributed by atoms with Crippen LogP contribution in [0.5, 0.6) is 0 Å². The fourth-order valence-corrected chi connectivity index (χ4v) is 4.58. The molecule has 1 N–H and O–H groups in total. The summed E-state index contributed by atoms with van der Waals surface area (Å²) in [6, 6.07) is 11.7. The van der Waals surface area contributed by atoms with Crippen LogP contribution in [0.15, 0.2) is 47.4 Å². The average molecular weight is 393 g/mol. The smallest absolute Gasteiger partial charge is 0.243 e. The fraction of sp³-hybridized carbons (Fsp3) is 0.316. The summed E-state index contributed by atoms with van der Waals surface area (Å²) in [5.41, 5.74) is 2.21. The van der Waals surface area contributed by atoms with Crippen molar-refractivity contribution >= 4 is 33.1 Å². The van der Waals surface area contributed by atoms with Crippen LogP contribution in [0, 0.1) is 6.92 Å². The molecule has 0 amide bonds. The van der Waals surface area contributed by atoms with Crippen LogP contribution in [0.3, 0.4) is 0 Å². The van der Waals surface area contributed by atoms with E-state index in [1.54, 1.807) is 18.2 Å². The normalized spacial score (nSPS) is 15.2. The minimum absolute atomic E-state index is 0.109.